The Morgan fingerprint density at radius 1 is 1.50 bits per heavy atom. The van der Waals surface area contributed by atoms with Crippen LogP contribution in [0.2, 0.25) is 0 Å². The highest BCUT2D eigenvalue weighted by Gasteiger charge is 1.96. The topological polar surface area (TPSA) is 3.24 Å². The highest BCUT2D eigenvalue weighted by atomic mass is 15.1. The molecule has 0 rings (SSSR count). The summed E-state index contributed by atoms with van der Waals surface area (Å²) in [7, 11) is 2.13. The first-order valence-electron chi connectivity index (χ1n) is 3.96. The Labute approximate surface area is 64.7 Å². The van der Waals surface area contributed by atoms with Crippen LogP contribution < -0.4 is 0 Å². The first-order chi connectivity index (χ1) is 4.66. The smallest absolute Gasteiger partial charge is 0.0157 e. The van der Waals surface area contributed by atoms with E-state index in [1.54, 1.807) is 0 Å². The van der Waals surface area contributed by atoms with Gasteiger partial charge in [-0.15, -0.1) is 6.58 Å². The van der Waals surface area contributed by atoms with Gasteiger partial charge in [0.1, 0.15) is 0 Å². The van der Waals surface area contributed by atoms with Gasteiger partial charge in [0.15, 0.2) is 0 Å². The maximum atomic E-state index is 3.69. The van der Waals surface area contributed by atoms with Crippen LogP contribution in [0.3, 0.4) is 0 Å². The minimum Gasteiger partial charge on any atom is -0.303 e. The molecule has 0 saturated heterocycles. The monoisotopic (exact) mass is 141 g/mol. The molecule has 0 bridgehead atoms. The van der Waals surface area contributed by atoms with E-state index in [0.29, 0.717) is 0 Å². The van der Waals surface area contributed by atoms with E-state index in [9.17, 15) is 0 Å². The second-order valence-corrected chi connectivity index (χ2v) is 3.23. The molecule has 1 nitrogen and oxygen atoms in total. The minimum atomic E-state index is 0.812. The highest BCUT2D eigenvalue weighted by Crippen LogP contribution is 1.99. The third-order valence-corrected chi connectivity index (χ3v) is 1.53. The Balaban J connectivity index is 3.20. The maximum Gasteiger partial charge on any atom is 0.0157 e. The van der Waals surface area contributed by atoms with Gasteiger partial charge in [-0.2, -0.15) is 0 Å². The van der Waals surface area contributed by atoms with Crippen molar-refractivity contribution in [1.82, 2.24) is 4.90 Å². The van der Waals surface area contributed by atoms with Gasteiger partial charge in [0, 0.05) is 6.54 Å². The average molecular weight is 141 g/mol. The second-order valence-electron chi connectivity index (χ2n) is 3.23. The molecule has 0 aliphatic heterocycles. The fraction of sp³-hybridized carbons (Fsp3) is 0.778. The molecule has 0 unspecified atom stereocenters. The number of rotatable bonds is 5. The maximum absolute atomic E-state index is 3.69. The SMILES string of the molecule is C=CCN(C)CCC(C)C. The molecule has 0 aromatic rings. The van der Waals surface area contributed by atoms with Crippen molar-refractivity contribution in [3.05, 3.63) is 12.7 Å². The van der Waals surface area contributed by atoms with Crippen LogP contribution in [0.4, 0.5) is 0 Å². The number of hydrogen-bond donors (Lipinski definition) is 0. The summed E-state index contributed by atoms with van der Waals surface area (Å²) in [5, 5.41) is 0. The standard InChI is InChI=1S/C9H19N/c1-5-7-10(4)8-6-9(2)3/h5,9H,1,6-8H2,2-4H3. The summed E-state index contributed by atoms with van der Waals surface area (Å²) in [6, 6.07) is 0. The second kappa shape index (κ2) is 5.48. The van der Waals surface area contributed by atoms with Crippen molar-refractivity contribution < 1.29 is 0 Å². The van der Waals surface area contributed by atoms with Gasteiger partial charge in [0.2, 0.25) is 0 Å². The van der Waals surface area contributed by atoms with Crippen molar-refractivity contribution in [3.63, 3.8) is 0 Å². The lowest BCUT2D eigenvalue weighted by Gasteiger charge is -2.14. The molecule has 0 aromatic carbocycles. The Morgan fingerprint density at radius 2 is 2.10 bits per heavy atom. The molecule has 0 spiro atoms. The zero-order valence-electron chi connectivity index (χ0n) is 7.43. The van der Waals surface area contributed by atoms with E-state index in [4.69, 9.17) is 0 Å². The summed E-state index contributed by atoms with van der Waals surface area (Å²) < 4.78 is 0. The van der Waals surface area contributed by atoms with Crippen LogP contribution >= 0.6 is 0 Å². The number of hydrogen-bond acceptors (Lipinski definition) is 1. The van der Waals surface area contributed by atoms with Crippen LogP contribution in [-0.4, -0.2) is 25.0 Å². The Morgan fingerprint density at radius 3 is 2.50 bits per heavy atom. The van der Waals surface area contributed by atoms with Crippen LogP contribution in [-0.2, 0) is 0 Å². The molecule has 0 heterocycles. The van der Waals surface area contributed by atoms with Crippen molar-refractivity contribution >= 4 is 0 Å². The lowest BCUT2D eigenvalue weighted by Crippen LogP contribution is -2.20. The van der Waals surface area contributed by atoms with Crippen LogP contribution in [0.5, 0.6) is 0 Å². The van der Waals surface area contributed by atoms with Crippen LogP contribution in [0.1, 0.15) is 20.3 Å². The summed E-state index contributed by atoms with van der Waals surface area (Å²) >= 11 is 0. The molecule has 0 aliphatic carbocycles. The molecule has 0 N–H and O–H groups in total. The molecule has 0 aliphatic rings. The van der Waals surface area contributed by atoms with Gasteiger partial charge in [0.25, 0.3) is 0 Å². The molecule has 0 saturated carbocycles. The molecular formula is C9H19N. The van der Waals surface area contributed by atoms with E-state index in [-0.39, 0.29) is 0 Å². The predicted octanol–water partition coefficient (Wildman–Crippen LogP) is 2.15. The van der Waals surface area contributed by atoms with Gasteiger partial charge < -0.3 is 4.90 Å². The van der Waals surface area contributed by atoms with E-state index in [1.807, 2.05) is 6.08 Å². The predicted molar refractivity (Wildman–Crippen MR) is 47.1 cm³/mol. The van der Waals surface area contributed by atoms with Gasteiger partial charge in [-0.25, -0.2) is 0 Å². The van der Waals surface area contributed by atoms with E-state index in [1.165, 1.54) is 13.0 Å². The Kier molecular flexibility index (Phi) is 5.32. The summed E-state index contributed by atoms with van der Waals surface area (Å²) in [4.78, 5) is 2.28. The first-order valence-corrected chi connectivity index (χ1v) is 3.96. The van der Waals surface area contributed by atoms with Gasteiger partial charge in [-0.3, -0.25) is 0 Å². The molecule has 1 heteroatoms. The summed E-state index contributed by atoms with van der Waals surface area (Å²) in [6.07, 6.45) is 3.23. The van der Waals surface area contributed by atoms with Gasteiger partial charge in [0.05, 0.1) is 0 Å². The fourth-order valence-electron chi connectivity index (χ4n) is 0.790. The van der Waals surface area contributed by atoms with Crippen LogP contribution in [0, 0.1) is 5.92 Å². The molecular weight excluding hydrogens is 122 g/mol. The summed E-state index contributed by atoms with van der Waals surface area (Å²) in [6.45, 7) is 10.4. The highest BCUT2D eigenvalue weighted by molar-refractivity contribution is 4.70. The first kappa shape index (κ1) is 9.70. The summed E-state index contributed by atoms with van der Waals surface area (Å²) in [5.41, 5.74) is 0. The van der Waals surface area contributed by atoms with E-state index < -0.39 is 0 Å². The van der Waals surface area contributed by atoms with Crippen LogP contribution in [0.15, 0.2) is 12.7 Å². The third-order valence-electron chi connectivity index (χ3n) is 1.53. The Hall–Kier alpha value is -0.300. The van der Waals surface area contributed by atoms with Crippen molar-refractivity contribution in [2.75, 3.05) is 20.1 Å². The zero-order chi connectivity index (χ0) is 7.98. The molecule has 0 aromatic heterocycles. The Bertz CT molecular complexity index is 86.7. The third kappa shape index (κ3) is 5.83. The lowest BCUT2D eigenvalue weighted by atomic mass is 10.1. The van der Waals surface area contributed by atoms with E-state index >= 15 is 0 Å². The molecule has 0 atom stereocenters. The molecule has 10 heavy (non-hydrogen) atoms. The van der Waals surface area contributed by atoms with Crippen molar-refractivity contribution in [2.24, 2.45) is 5.92 Å². The van der Waals surface area contributed by atoms with Crippen molar-refractivity contribution in [1.29, 1.82) is 0 Å². The zero-order valence-corrected chi connectivity index (χ0v) is 7.43. The van der Waals surface area contributed by atoms with Crippen molar-refractivity contribution in [2.45, 2.75) is 20.3 Å². The summed E-state index contributed by atoms with van der Waals surface area (Å²) in [5.74, 6) is 0.812. The largest absolute Gasteiger partial charge is 0.303 e. The average Bonchev–Trinajstić information content (AvgIpc) is 1.85. The number of likely N-dealkylation sites (N-methyl/N-ethyl adjacent to an activating group) is 1. The lowest BCUT2D eigenvalue weighted by molar-refractivity contribution is 0.340. The van der Waals surface area contributed by atoms with Gasteiger partial charge in [-0.1, -0.05) is 19.9 Å². The molecule has 0 radical (unpaired) electrons. The molecule has 0 fully saturated rings. The normalized spacial score (nSPS) is 10.9. The molecule has 60 valence electrons. The number of nitrogens with zero attached hydrogens (tertiary/aromatic N) is 1. The minimum absolute atomic E-state index is 0.812. The van der Waals surface area contributed by atoms with Gasteiger partial charge in [-0.05, 0) is 25.9 Å². The van der Waals surface area contributed by atoms with E-state index in [0.717, 1.165) is 12.5 Å². The molecule has 0 amide bonds. The van der Waals surface area contributed by atoms with Crippen molar-refractivity contribution in [3.8, 4) is 0 Å². The van der Waals surface area contributed by atoms with Crippen LogP contribution in [0.25, 0.3) is 0 Å². The van der Waals surface area contributed by atoms with Gasteiger partial charge >= 0.3 is 0 Å². The quantitative estimate of drug-likeness (QED) is 0.530. The van der Waals surface area contributed by atoms with E-state index in [2.05, 4.69) is 32.4 Å². The fourth-order valence-corrected chi connectivity index (χ4v) is 0.790.